The Morgan fingerprint density at radius 1 is 0.795 bits per heavy atom. The number of fused-ring (bicyclic) bond motifs is 1. The number of piperazine rings is 1. The molecule has 2 aliphatic rings. The fourth-order valence-electron chi connectivity index (χ4n) is 4.70. The first kappa shape index (κ1) is 28.2. The molecule has 0 N–H and O–H groups in total. The van der Waals surface area contributed by atoms with Crippen molar-refractivity contribution < 1.29 is 23.9 Å². The maximum absolute atomic E-state index is 13.9. The molecule has 0 radical (unpaired) electrons. The molecule has 0 spiro atoms. The summed E-state index contributed by atoms with van der Waals surface area (Å²) >= 11 is 0. The number of anilines is 1. The Balaban J connectivity index is 1.64. The van der Waals surface area contributed by atoms with E-state index in [2.05, 4.69) is 35.0 Å². The molecule has 0 unspecified atom stereocenters. The number of carbonyl (C=O) groups excluding carboxylic acids is 3. The molecule has 2 aromatic rings. The van der Waals surface area contributed by atoms with Crippen molar-refractivity contribution in [3.05, 3.63) is 52.6 Å². The van der Waals surface area contributed by atoms with Gasteiger partial charge in [0.2, 0.25) is 0 Å². The van der Waals surface area contributed by atoms with Crippen LogP contribution in [0.2, 0.25) is 0 Å². The summed E-state index contributed by atoms with van der Waals surface area (Å²) in [6.45, 7) is 8.82. The Hall–Kier alpha value is -3.79. The quantitative estimate of drug-likeness (QED) is 0.573. The van der Waals surface area contributed by atoms with Gasteiger partial charge in [0.15, 0.2) is 0 Å². The van der Waals surface area contributed by atoms with E-state index in [4.69, 9.17) is 9.47 Å². The van der Waals surface area contributed by atoms with Crippen LogP contribution in [0, 0.1) is 0 Å². The highest BCUT2D eigenvalue weighted by Crippen LogP contribution is 2.37. The zero-order valence-corrected chi connectivity index (χ0v) is 24.0. The topological polar surface area (TPSA) is 85.9 Å². The van der Waals surface area contributed by atoms with Crippen LogP contribution in [0.15, 0.2) is 30.3 Å². The minimum atomic E-state index is -0.632. The number of hydrogen-bond acceptors (Lipinski definition) is 7. The van der Waals surface area contributed by atoms with Crippen LogP contribution in [0.4, 0.5) is 15.3 Å². The molecule has 2 aliphatic heterocycles. The molecular formula is C29H39N5O5. The molecule has 10 heteroatoms. The summed E-state index contributed by atoms with van der Waals surface area (Å²) in [7, 11) is 8.44. The Labute approximate surface area is 230 Å². The molecule has 4 rings (SSSR count). The summed E-state index contributed by atoms with van der Waals surface area (Å²) in [6, 6.07) is 9.58. The summed E-state index contributed by atoms with van der Waals surface area (Å²) in [5.74, 6) is 0.00499. The van der Waals surface area contributed by atoms with Crippen LogP contribution in [0.1, 0.15) is 46.8 Å². The lowest BCUT2D eigenvalue weighted by molar-refractivity contribution is 0.0748. The zero-order chi connectivity index (χ0) is 28.4. The molecule has 1 saturated heterocycles. The van der Waals surface area contributed by atoms with E-state index in [-0.39, 0.29) is 28.9 Å². The van der Waals surface area contributed by atoms with Gasteiger partial charge in [-0.2, -0.15) is 0 Å². The second kappa shape index (κ2) is 11.5. The van der Waals surface area contributed by atoms with Crippen molar-refractivity contribution >= 4 is 23.8 Å². The van der Waals surface area contributed by atoms with E-state index in [1.165, 1.54) is 21.6 Å². The summed E-state index contributed by atoms with van der Waals surface area (Å²) in [4.78, 5) is 47.8. The maximum Gasteiger partial charge on any atom is 0.414 e. The van der Waals surface area contributed by atoms with Gasteiger partial charge in [0, 0.05) is 79.2 Å². The highest BCUT2D eigenvalue weighted by atomic mass is 16.6. The van der Waals surface area contributed by atoms with E-state index in [1.807, 2.05) is 13.8 Å². The Kier molecular flexibility index (Phi) is 8.34. The molecule has 2 aromatic carbocycles. The van der Waals surface area contributed by atoms with Gasteiger partial charge in [0.25, 0.3) is 5.91 Å². The maximum atomic E-state index is 13.9. The molecule has 3 amide bonds. The average Bonchev–Trinajstić information content (AvgIpc) is 3.32. The lowest BCUT2D eigenvalue weighted by Gasteiger charge is -2.34. The van der Waals surface area contributed by atoms with Gasteiger partial charge in [-0.3, -0.25) is 4.79 Å². The van der Waals surface area contributed by atoms with Gasteiger partial charge in [-0.1, -0.05) is 19.9 Å². The number of carbonyl (C=O) groups is 3. The van der Waals surface area contributed by atoms with Crippen LogP contribution in [0.5, 0.6) is 11.5 Å². The SMILES string of the molecule is CC(C)c1cc(C(=O)N2Cc3ccc(N4CCN(C)CC4)cc3C2)c(OC(=O)N(C)C)cc1OC(=O)N(C)C. The molecule has 210 valence electrons. The third-order valence-corrected chi connectivity index (χ3v) is 7.16. The number of likely N-dealkylation sites (N-methyl/N-ethyl adjacent to an activating group) is 1. The first-order valence-electron chi connectivity index (χ1n) is 13.2. The van der Waals surface area contributed by atoms with E-state index in [0.717, 1.165) is 37.3 Å². The standard InChI is InChI=1S/C29H39N5O5/c1-19(2)23-15-24(26(39-29(37)31(5)6)16-25(23)38-28(36)30(3)4)27(35)34-17-20-8-9-22(14-21(20)18-34)33-12-10-32(7)11-13-33/h8-9,14-16,19H,10-13,17-18H2,1-7H3. The van der Waals surface area contributed by atoms with E-state index >= 15 is 0 Å². The highest BCUT2D eigenvalue weighted by molar-refractivity contribution is 5.98. The third-order valence-electron chi connectivity index (χ3n) is 7.16. The van der Waals surface area contributed by atoms with Crippen molar-refractivity contribution in [2.45, 2.75) is 32.9 Å². The number of rotatable bonds is 5. The monoisotopic (exact) mass is 537 g/mol. The van der Waals surface area contributed by atoms with Gasteiger partial charge in [-0.15, -0.1) is 0 Å². The molecule has 0 aromatic heterocycles. The lowest BCUT2D eigenvalue weighted by Crippen LogP contribution is -2.44. The van der Waals surface area contributed by atoms with Crippen molar-refractivity contribution in [2.24, 2.45) is 0 Å². The van der Waals surface area contributed by atoms with E-state index in [1.54, 1.807) is 39.2 Å². The predicted octanol–water partition coefficient (Wildman–Crippen LogP) is 3.84. The van der Waals surface area contributed by atoms with Crippen LogP contribution in [0.25, 0.3) is 0 Å². The molecule has 39 heavy (non-hydrogen) atoms. The van der Waals surface area contributed by atoms with E-state index in [9.17, 15) is 14.4 Å². The Morgan fingerprint density at radius 3 is 1.97 bits per heavy atom. The van der Waals surface area contributed by atoms with Gasteiger partial charge in [0.1, 0.15) is 11.5 Å². The molecule has 10 nitrogen and oxygen atoms in total. The van der Waals surface area contributed by atoms with Gasteiger partial charge in [0.05, 0.1) is 5.56 Å². The predicted molar refractivity (Wildman–Crippen MR) is 150 cm³/mol. The van der Waals surface area contributed by atoms with Crippen molar-refractivity contribution in [3.63, 3.8) is 0 Å². The van der Waals surface area contributed by atoms with E-state index in [0.29, 0.717) is 18.7 Å². The van der Waals surface area contributed by atoms with Gasteiger partial charge in [-0.25, -0.2) is 9.59 Å². The van der Waals surface area contributed by atoms with E-state index < -0.39 is 12.2 Å². The summed E-state index contributed by atoms with van der Waals surface area (Å²) in [6.07, 6.45) is -1.19. The van der Waals surface area contributed by atoms with Crippen LogP contribution in [-0.2, 0) is 13.1 Å². The molecular weight excluding hydrogens is 498 g/mol. The summed E-state index contributed by atoms with van der Waals surface area (Å²) in [5, 5.41) is 0. The molecule has 0 aliphatic carbocycles. The second-order valence-electron chi connectivity index (χ2n) is 11.0. The minimum Gasteiger partial charge on any atom is -0.410 e. The van der Waals surface area contributed by atoms with Crippen molar-refractivity contribution in [2.75, 3.05) is 66.3 Å². The summed E-state index contributed by atoms with van der Waals surface area (Å²) < 4.78 is 11.2. The molecule has 2 heterocycles. The van der Waals surface area contributed by atoms with Gasteiger partial charge >= 0.3 is 12.2 Å². The fourth-order valence-corrected chi connectivity index (χ4v) is 4.70. The van der Waals surface area contributed by atoms with Crippen LogP contribution >= 0.6 is 0 Å². The molecule has 0 bridgehead atoms. The first-order valence-corrected chi connectivity index (χ1v) is 13.2. The number of nitrogens with zero attached hydrogens (tertiary/aromatic N) is 5. The molecule has 1 fully saturated rings. The van der Waals surface area contributed by atoms with Crippen LogP contribution in [-0.4, -0.2) is 99.1 Å². The van der Waals surface area contributed by atoms with Crippen molar-refractivity contribution in [1.82, 2.24) is 19.6 Å². The fraction of sp³-hybridized carbons (Fsp3) is 0.483. The number of ether oxygens (including phenoxy) is 2. The van der Waals surface area contributed by atoms with Crippen molar-refractivity contribution in [3.8, 4) is 11.5 Å². The first-order chi connectivity index (χ1) is 18.4. The van der Waals surface area contributed by atoms with Crippen LogP contribution < -0.4 is 14.4 Å². The normalized spacial score (nSPS) is 15.3. The number of amides is 3. The Morgan fingerprint density at radius 2 is 1.38 bits per heavy atom. The number of hydrogen-bond donors (Lipinski definition) is 0. The smallest absolute Gasteiger partial charge is 0.410 e. The lowest BCUT2D eigenvalue weighted by atomic mass is 9.98. The van der Waals surface area contributed by atoms with Crippen molar-refractivity contribution in [1.29, 1.82) is 0 Å². The van der Waals surface area contributed by atoms with Crippen LogP contribution in [0.3, 0.4) is 0 Å². The number of benzene rings is 2. The third kappa shape index (κ3) is 6.27. The second-order valence-corrected chi connectivity index (χ2v) is 11.0. The highest BCUT2D eigenvalue weighted by Gasteiger charge is 2.30. The van der Waals surface area contributed by atoms with Gasteiger partial charge < -0.3 is 34.0 Å². The minimum absolute atomic E-state index is 0.0537. The largest absolute Gasteiger partial charge is 0.414 e. The molecule has 0 atom stereocenters. The Bertz CT molecular complexity index is 1250. The average molecular weight is 538 g/mol. The summed E-state index contributed by atoms with van der Waals surface area (Å²) in [5.41, 5.74) is 4.32. The molecule has 0 saturated carbocycles. The zero-order valence-electron chi connectivity index (χ0n) is 24.0. The van der Waals surface area contributed by atoms with Gasteiger partial charge in [-0.05, 0) is 47.9 Å².